The third-order valence-electron chi connectivity index (χ3n) is 4.22. The summed E-state index contributed by atoms with van der Waals surface area (Å²) in [6.07, 6.45) is 10.3. The van der Waals surface area contributed by atoms with Gasteiger partial charge in [0.25, 0.3) is 0 Å². The monoisotopic (exact) mass is 334 g/mol. The van der Waals surface area contributed by atoms with Gasteiger partial charge in [0.1, 0.15) is 5.75 Å². The van der Waals surface area contributed by atoms with E-state index in [-0.39, 0.29) is 0 Å². The van der Waals surface area contributed by atoms with Gasteiger partial charge >= 0.3 is 6.16 Å². The van der Waals surface area contributed by atoms with Gasteiger partial charge in [0.2, 0.25) is 0 Å². The van der Waals surface area contributed by atoms with Gasteiger partial charge in [-0.2, -0.15) is 0 Å². The fourth-order valence-electron chi connectivity index (χ4n) is 2.75. The molecule has 0 radical (unpaired) electrons. The van der Waals surface area contributed by atoms with Crippen LogP contribution in [-0.4, -0.2) is 12.8 Å². The van der Waals surface area contributed by atoms with Gasteiger partial charge in [-0.05, 0) is 49.3 Å². The first-order valence-electron chi connectivity index (χ1n) is 9.68. The highest BCUT2D eigenvalue weighted by atomic mass is 16.7. The Labute approximate surface area is 147 Å². The predicted octanol–water partition coefficient (Wildman–Crippen LogP) is 6.47. The molecule has 1 aromatic carbocycles. The summed E-state index contributed by atoms with van der Waals surface area (Å²) in [6.45, 7) is 6.98. The highest BCUT2D eigenvalue weighted by Crippen LogP contribution is 2.26. The minimum Gasteiger partial charge on any atom is -0.434 e. The average molecular weight is 335 g/mol. The minimum atomic E-state index is -0.572. The lowest BCUT2D eigenvalue weighted by Gasteiger charge is -2.14. The van der Waals surface area contributed by atoms with Crippen LogP contribution in [0, 0.1) is 0 Å². The molecule has 0 saturated heterocycles. The second-order valence-electron chi connectivity index (χ2n) is 6.36. The van der Waals surface area contributed by atoms with Crippen molar-refractivity contribution in [2.45, 2.75) is 85.0 Å². The van der Waals surface area contributed by atoms with Crippen LogP contribution in [0.2, 0.25) is 0 Å². The van der Waals surface area contributed by atoms with Crippen molar-refractivity contribution in [3.05, 3.63) is 29.3 Å². The van der Waals surface area contributed by atoms with Gasteiger partial charge in [0.15, 0.2) is 0 Å². The van der Waals surface area contributed by atoms with E-state index in [1.54, 1.807) is 0 Å². The molecule has 0 aliphatic heterocycles. The fraction of sp³-hybridized carbons (Fsp3) is 0.667. The molecule has 0 aromatic heterocycles. The number of hydrogen-bond donors (Lipinski definition) is 0. The van der Waals surface area contributed by atoms with Crippen molar-refractivity contribution >= 4 is 6.16 Å². The molecule has 0 amide bonds. The Bertz CT molecular complexity index is 468. The molecule has 0 N–H and O–H groups in total. The second kappa shape index (κ2) is 12.9. The number of carbonyl (C=O) groups is 1. The number of hydrogen-bond acceptors (Lipinski definition) is 3. The zero-order valence-electron chi connectivity index (χ0n) is 15.7. The zero-order valence-corrected chi connectivity index (χ0v) is 15.7. The van der Waals surface area contributed by atoms with Gasteiger partial charge in [-0.25, -0.2) is 4.79 Å². The molecule has 0 saturated carbocycles. The Balaban J connectivity index is 2.65. The van der Waals surface area contributed by atoms with Crippen LogP contribution in [0.4, 0.5) is 4.79 Å². The van der Waals surface area contributed by atoms with Crippen molar-refractivity contribution in [1.29, 1.82) is 0 Å². The van der Waals surface area contributed by atoms with E-state index >= 15 is 0 Å². The van der Waals surface area contributed by atoms with Crippen molar-refractivity contribution in [2.24, 2.45) is 0 Å². The summed E-state index contributed by atoms with van der Waals surface area (Å²) < 4.78 is 10.7. The van der Waals surface area contributed by atoms with Gasteiger partial charge in [-0.15, -0.1) is 0 Å². The SMILES string of the molecule is CCCCCCOC(=O)Oc1cccc(CCCC)c1CCCC. The summed E-state index contributed by atoms with van der Waals surface area (Å²) in [4.78, 5) is 12.0. The smallest absolute Gasteiger partial charge is 0.434 e. The molecule has 0 heterocycles. The molecular formula is C21H34O3. The molecule has 3 nitrogen and oxygen atoms in total. The van der Waals surface area contributed by atoms with Crippen LogP contribution in [0.5, 0.6) is 5.75 Å². The molecule has 136 valence electrons. The van der Waals surface area contributed by atoms with Crippen LogP contribution in [0.1, 0.15) is 83.3 Å². The number of aryl methyl sites for hydroxylation is 1. The molecule has 0 atom stereocenters. The largest absolute Gasteiger partial charge is 0.513 e. The maximum Gasteiger partial charge on any atom is 0.513 e. The Morgan fingerprint density at radius 2 is 1.58 bits per heavy atom. The maximum atomic E-state index is 12.0. The summed E-state index contributed by atoms with van der Waals surface area (Å²) in [5.74, 6) is 0.676. The Morgan fingerprint density at radius 3 is 2.29 bits per heavy atom. The van der Waals surface area contributed by atoms with E-state index < -0.39 is 6.16 Å². The average Bonchev–Trinajstić information content (AvgIpc) is 2.59. The molecule has 0 bridgehead atoms. The molecule has 0 aliphatic carbocycles. The minimum absolute atomic E-state index is 0.443. The normalized spacial score (nSPS) is 10.6. The zero-order chi connectivity index (χ0) is 17.6. The van der Waals surface area contributed by atoms with Crippen molar-refractivity contribution in [3.63, 3.8) is 0 Å². The summed E-state index contributed by atoms with van der Waals surface area (Å²) in [5, 5.41) is 0. The molecule has 0 fully saturated rings. The molecule has 24 heavy (non-hydrogen) atoms. The highest BCUT2D eigenvalue weighted by Gasteiger charge is 2.13. The lowest BCUT2D eigenvalue weighted by molar-refractivity contribution is 0.0969. The van der Waals surface area contributed by atoms with Crippen LogP contribution >= 0.6 is 0 Å². The van der Waals surface area contributed by atoms with E-state index in [1.165, 1.54) is 24.0 Å². The lowest BCUT2D eigenvalue weighted by atomic mass is 9.97. The lowest BCUT2D eigenvalue weighted by Crippen LogP contribution is -2.13. The summed E-state index contributed by atoms with van der Waals surface area (Å²) in [7, 11) is 0. The first kappa shape index (κ1) is 20.5. The Morgan fingerprint density at radius 1 is 0.875 bits per heavy atom. The molecule has 0 aliphatic rings. The van der Waals surface area contributed by atoms with Gasteiger partial charge in [0, 0.05) is 0 Å². The molecular weight excluding hydrogens is 300 g/mol. The Kier molecular flexibility index (Phi) is 11.0. The molecule has 0 spiro atoms. The van der Waals surface area contributed by atoms with E-state index in [9.17, 15) is 4.79 Å². The predicted molar refractivity (Wildman–Crippen MR) is 99.8 cm³/mol. The molecule has 0 unspecified atom stereocenters. The third-order valence-corrected chi connectivity index (χ3v) is 4.22. The molecule has 1 aromatic rings. The summed E-state index contributed by atoms with van der Waals surface area (Å²) in [6, 6.07) is 6.02. The first-order valence-corrected chi connectivity index (χ1v) is 9.68. The van der Waals surface area contributed by atoms with Crippen LogP contribution < -0.4 is 4.74 Å². The van der Waals surface area contributed by atoms with Crippen LogP contribution in [0.15, 0.2) is 18.2 Å². The number of benzene rings is 1. The van der Waals surface area contributed by atoms with E-state index in [4.69, 9.17) is 9.47 Å². The number of carbonyl (C=O) groups excluding carboxylic acids is 1. The second-order valence-corrected chi connectivity index (χ2v) is 6.36. The van der Waals surface area contributed by atoms with Crippen molar-refractivity contribution in [3.8, 4) is 5.75 Å². The molecule has 1 rings (SSSR count). The van der Waals surface area contributed by atoms with E-state index in [1.807, 2.05) is 12.1 Å². The van der Waals surface area contributed by atoms with Gasteiger partial charge in [-0.1, -0.05) is 65.0 Å². The summed E-state index contributed by atoms with van der Waals surface area (Å²) >= 11 is 0. The number of ether oxygens (including phenoxy) is 2. The van der Waals surface area contributed by atoms with E-state index in [2.05, 4.69) is 26.8 Å². The van der Waals surface area contributed by atoms with E-state index in [0.717, 1.165) is 51.4 Å². The topological polar surface area (TPSA) is 35.5 Å². The number of unbranched alkanes of at least 4 members (excludes halogenated alkanes) is 5. The van der Waals surface area contributed by atoms with Crippen molar-refractivity contribution < 1.29 is 14.3 Å². The van der Waals surface area contributed by atoms with Gasteiger partial charge < -0.3 is 9.47 Å². The maximum absolute atomic E-state index is 12.0. The van der Waals surface area contributed by atoms with Crippen molar-refractivity contribution in [1.82, 2.24) is 0 Å². The van der Waals surface area contributed by atoms with Crippen LogP contribution in [0.3, 0.4) is 0 Å². The standard InChI is InChI=1S/C21H34O3/c1-4-7-10-11-17-23-21(22)24-20-16-12-14-18(13-8-5-2)19(20)15-9-6-3/h12,14,16H,4-11,13,15,17H2,1-3H3. The quantitative estimate of drug-likeness (QED) is 0.250. The van der Waals surface area contributed by atoms with Gasteiger partial charge in [-0.3, -0.25) is 0 Å². The number of rotatable bonds is 12. The first-order chi connectivity index (χ1) is 11.7. The third kappa shape index (κ3) is 7.85. The van der Waals surface area contributed by atoms with Crippen molar-refractivity contribution in [2.75, 3.05) is 6.61 Å². The molecule has 3 heteroatoms. The van der Waals surface area contributed by atoms with Gasteiger partial charge in [0.05, 0.1) is 6.61 Å². The van der Waals surface area contributed by atoms with Crippen LogP contribution in [0.25, 0.3) is 0 Å². The summed E-state index contributed by atoms with van der Waals surface area (Å²) in [5.41, 5.74) is 2.48. The Hall–Kier alpha value is -1.51. The highest BCUT2D eigenvalue weighted by molar-refractivity contribution is 5.65. The van der Waals surface area contributed by atoms with E-state index in [0.29, 0.717) is 12.4 Å². The van der Waals surface area contributed by atoms with Crippen LogP contribution in [-0.2, 0) is 17.6 Å². The fourth-order valence-corrected chi connectivity index (χ4v) is 2.75.